The van der Waals surface area contributed by atoms with Crippen LogP contribution in [0, 0.1) is 5.92 Å². The van der Waals surface area contributed by atoms with Gasteiger partial charge in [-0.25, -0.2) is 0 Å². The lowest BCUT2D eigenvalue weighted by molar-refractivity contribution is 0.0922. The summed E-state index contributed by atoms with van der Waals surface area (Å²) in [6, 6.07) is 3.37. The molecule has 3 N–H and O–H groups in total. The first kappa shape index (κ1) is 11.8. The largest absolute Gasteiger partial charge is 0.455 e. The van der Waals surface area contributed by atoms with Crippen LogP contribution in [0.25, 0.3) is 0 Å². The van der Waals surface area contributed by atoms with Gasteiger partial charge in [-0.3, -0.25) is 4.79 Å². The van der Waals surface area contributed by atoms with Gasteiger partial charge in [-0.1, -0.05) is 13.8 Å². The molecule has 0 radical (unpaired) electrons. The van der Waals surface area contributed by atoms with E-state index in [2.05, 4.69) is 19.2 Å². The molecular weight excluding hydrogens is 192 g/mol. The molecule has 0 aliphatic carbocycles. The summed E-state index contributed by atoms with van der Waals surface area (Å²) in [5, 5.41) is 2.79. The monoisotopic (exact) mass is 210 g/mol. The Balaban J connectivity index is 2.40. The van der Waals surface area contributed by atoms with Gasteiger partial charge in [0, 0.05) is 6.54 Å². The van der Waals surface area contributed by atoms with Crippen LogP contribution >= 0.6 is 0 Å². The molecule has 1 aromatic rings. The van der Waals surface area contributed by atoms with E-state index in [1.807, 2.05) is 0 Å². The molecule has 84 valence electrons. The fourth-order valence-electron chi connectivity index (χ4n) is 1.17. The second-order valence-corrected chi connectivity index (χ2v) is 3.91. The van der Waals surface area contributed by atoms with Gasteiger partial charge in [-0.05, 0) is 24.5 Å². The van der Waals surface area contributed by atoms with E-state index < -0.39 is 0 Å². The Hall–Kier alpha value is -1.29. The SMILES string of the molecule is CC(C)CCNC(=O)c1ccc(CN)o1. The van der Waals surface area contributed by atoms with E-state index in [0.717, 1.165) is 6.42 Å². The van der Waals surface area contributed by atoms with Crippen molar-refractivity contribution in [3.8, 4) is 0 Å². The summed E-state index contributed by atoms with van der Waals surface area (Å²) in [5.41, 5.74) is 5.38. The molecule has 0 spiro atoms. The highest BCUT2D eigenvalue weighted by Gasteiger charge is 2.09. The summed E-state index contributed by atoms with van der Waals surface area (Å²) in [7, 11) is 0. The number of nitrogens with one attached hydrogen (secondary N) is 1. The minimum Gasteiger partial charge on any atom is -0.455 e. The zero-order valence-electron chi connectivity index (χ0n) is 9.25. The number of nitrogens with two attached hydrogens (primary N) is 1. The van der Waals surface area contributed by atoms with Crippen molar-refractivity contribution >= 4 is 5.91 Å². The van der Waals surface area contributed by atoms with Crippen molar-refractivity contribution in [2.45, 2.75) is 26.8 Å². The molecule has 0 aliphatic heterocycles. The molecule has 4 nitrogen and oxygen atoms in total. The van der Waals surface area contributed by atoms with E-state index in [9.17, 15) is 4.79 Å². The van der Waals surface area contributed by atoms with Crippen LogP contribution in [0.15, 0.2) is 16.5 Å². The second kappa shape index (κ2) is 5.56. The quantitative estimate of drug-likeness (QED) is 0.774. The van der Waals surface area contributed by atoms with Gasteiger partial charge < -0.3 is 15.5 Å². The zero-order valence-corrected chi connectivity index (χ0v) is 9.25. The maximum atomic E-state index is 11.5. The summed E-state index contributed by atoms with van der Waals surface area (Å²) in [6.45, 7) is 5.23. The maximum absolute atomic E-state index is 11.5. The van der Waals surface area contributed by atoms with Gasteiger partial charge in [0.05, 0.1) is 6.54 Å². The van der Waals surface area contributed by atoms with Crippen LogP contribution in [0.3, 0.4) is 0 Å². The first-order valence-corrected chi connectivity index (χ1v) is 5.20. The second-order valence-electron chi connectivity index (χ2n) is 3.91. The average molecular weight is 210 g/mol. The van der Waals surface area contributed by atoms with Crippen LogP contribution < -0.4 is 11.1 Å². The molecule has 15 heavy (non-hydrogen) atoms. The fraction of sp³-hybridized carbons (Fsp3) is 0.545. The van der Waals surface area contributed by atoms with Crippen LogP contribution in [0.4, 0.5) is 0 Å². The maximum Gasteiger partial charge on any atom is 0.286 e. The molecule has 1 rings (SSSR count). The molecule has 0 atom stereocenters. The van der Waals surface area contributed by atoms with Gasteiger partial charge >= 0.3 is 0 Å². The molecule has 0 bridgehead atoms. The summed E-state index contributed by atoms with van der Waals surface area (Å²) < 4.78 is 5.22. The van der Waals surface area contributed by atoms with Crippen molar-refractivity contribution in [2.75, 3.05) is 6.54 Å². The Labute approximate surface area is 89.8 Å². The number of carbonyl (C=O) groups excluding carboxylic acids is 1. The predicted octanol–water partition coefficient (Wildman–Crippen LogP) is 1.51. The van der Waals surface area contributed by atoms with Crippen LogP contribution in [-0.4, -0.2) is 12.5 Å². The highest BCUT2D eigenvalue weighted by Crippen LogP contribution is 2.06. The molecule has 1 aromatic heterocycles. The Bertz CT molecular complexity index is 318. The third-order valence-electron chi connectivity index (χ3n) is 2.09. The molecule has 0 aromatic carbocycles. The topological polar surface area (TPSA) is 68.3 Å². The Kier molecular flexibility index (Phi) is 4.37. The van der Waals surface area contributed by atoms with E-state index in [0.29, 0.717) is 30.5 Å². The minimum atomic E-state index is -0.171. The zero-order chi connectivity index (χ0) is 11.3. The van der Waals surface area contributed by atoms with Gasteiger partial charge in [0.25, 0.3) is 5.91 Å². The number of hydrogen-bond acceptors (Lipinski definition) is 3. The first-order valence-electron chi connectivity index (χ1n) is 5.20. The van der Waals surface area contributed by atoms with E-state index in [1.165, 1.54) is 0 Å². The summed E-state index contributed by atoms with van der Waals surface area (Å²) in [6.07, 6.45) is 0.968. The van der Waals surface area contributed by atoms with Gasteiger partial charge in [-0.15, -0.1) is 0 Å². The first-order chi connectivity index (χ1) is 7.13. The van der Waals surface area contributed by atoms with E-state index >= 15 is 0 Å². The molecule has 0 unspecified atom stereocenters. The molecule has 0 fully saturated rings. The fourth-order valence-corrected chi connectivity index (χ4v) is 1.17. The molecule has 0 aliphatic rings. The van der Waals surface area contributed by atoms with Crippen LogP contribution in [0.5, 0.6) is 0 Å². The van der Waals surface area contributed by atoms with Crippen molar-refractivity contribution in [3.05, 3.63) is 23.7 Å². The van der Waals surface area contributed by atoms with Gasteiger partial charge in [0.15, 0.2) is 5.76 Å². The van der Waals surface area contributed by atoms with Crippen molar-refractivity contribution in [1.29, 1.82) is 0 Å². The van der Waals surface area contributed by atoms with Crippen molar-refractivity contribution < 1.29 is 9.21 Å². The number of rotatable bonds is 5. The number of carbonyl (C=O) groups is 1. The lowest BCUT2D eigenvalue weighted by atomic mass is 10.1. The third kappa shape index (κ3) is 3.75. The molecule has 0 saturated heterocycles. The molecule has 0 saturated carbocycles. The summed E-state index contributed by atoms with van der Waals surface area (Å²) >= 11 is 0. The van der Waals surface area contributed by atoms with E-state index in [1.54, 1.807) is 12.1 Å². The lowest BCUT2D eigenvalue weighted by Gasteiger charge is -2.05. The van der Waals surface area contributed by atoms with Gasteiger partial charge in [-0.2, -0.15) is 0 Å². The number of furan rings is 1. The average Bonchev–Trinajstić information content (AvgIpc) is 2.65. The van der Waals surface area contributed by atoms with Crippen LogP contribution in [0.2, 0.25) is 0 Å². The lowest BCUT2D eigenvalue weighted by Crippen LogP contribution is -2.24. The van der Waals surface area contributed by atoms with Crippen molar-refractivity contribution in [2.24, 2.45) is 11.7 Å². The smallest absolute Gasteiger partial charge is 0.286 e. The summed E-state index contributed by atoms with van der Waals surface area (Å²) in [4.78, 5) is 11.5. The summed E-state index contributed by atoms with van der Waals surface area (Å²) in [5.74, 6) is 1.38. The molecule has 1 amide bonds. The Morgan fingerprint density at radius 3 is 2.80 bits per heavy atom. The molecule has 1 heterocycles. The number of hydrogen-bond donors (Lipinski definition) is 2. The van der Waals surface area contributed by atoms with Crippen molar-refractivity contribution in [1.82, 2.24) is 5.32 Å². The van der Waals surface area contributed by atoms with Crippen LogP contribution in [0.1, 0.15) is 36.6 Å². The Morgan fingerprint density at radius 2 is 2.27 bits per heavy atom. The normalized spacial score (nSPS) is 10.7. The van der Waals surface area contributed by atoms with E-state index in [4.69, 9.17) is 10.2 Å². The van der Waals surface area contributed by atoms with Crippen molar-refractivity contribution in [3.63, 3.8) is 0 Å². The highest BCUT2D eigenvalue weighted by molar-refractivity contribution is 5.91. The molecular formula is C11H18N2O2. The van der Waals surface area contributed by atoms with Gasteiger partial charge in [0.1, 0.15) is 5.76 Å². The standard InChI is InChI=1S/C11H18N2O2/c1-8(2)5-6-13-11(14)10-4-3-9(7-12)15-10/h3-4,8H,5-7,12H2,1-2H3,(H,13,14). The minimum absolute atomic E-state index is 0.171. The predicted molar refractivity (Wildman–Crippen MR) is 58.4 cm³/mol. The highest BCUT2D eigenvalue weighted by atomic mass is 16.4. The van der Waals surface area contributed by atoms with Crippen LogP contribution in [-0.2, 0) is 6.54 Å². The van der Waals surface area contributed by atoms with E-state index in [-0.39, 0.29) is 5.91 Å². The third-order valence-corrected chi connectivity index (χ3v) is 2.09. The Morgan fingerprint density at radius 1 is 1.53 bits per heavy atom. The number of amides is 1. The van der Waals surface area contributed by atoms with Gasteiger partial charge in [0.2, 0.25) is 0 Å². The molecule has 4 heteroatoms.